The van der Waals surface area contributed by atoms with Crippen molar-refractivity contribution in [1.29, 1.82) is 0 Å². The summed E-state index contributed by atoms with van der Waals surface area (Å²) in [4.78, 5) is 38.5. The fourth-order valence-electron chi connectivity index (χ4n) is 2.08. The molecular formula is C16H17N3O5S. The Kier molecular flexibility index (Phi) is 5.81. The lowest BCUT2D eigenvalue weighted by Gasteiger charge is -2.19. The summed E-state index contributed by atoms with van der Waals surface area (Å²) in [6.07, 6.45) is 0. The van der Waals surface area contributed by atoms with Gasteiger partial charge in [-0.2, -0.15) is 0 Å². The van der Waals surface area contributed by atoms with Gasteiger partial charge in [0.25, 0.3) is 11.6 Å². The van der Waals surface area contributed by atoms with Gasteiger partial charge in [0.2, 0.25) is 0 Å². The van der Waals surface area contributed by atoms with Gasteiger partial charge >= 0.3 is 5.97 Å². The van der Waals surface area contributed by atoms with Gasteiger partial charge in [0.1, 0.15) is 16.7 Å². The number of aromatic nitrogens is 1. The summed E-state index contributed by atoms with van der Waals surface area (Å²) in [5.41, 5.74) is 0.826. The molecule has 25 heavy (non-hydrogen) atoms. The highest BCUT2D eigenvalue weighted by Crippen LogP contribution is 2.25. The Morgan fingerprint density at radius 2 is 1.92 bits per heavy atom. The molecule has 1 N–H and O–H groups in total. The summed E-state index contributed by atoms with van der Waals surface area (Å²) < 4.78 is 4.69. The number of esters is 1. The average Bonchev–Trinajstić information content (AvgIpc) is 3.08. The van der Waals surface area contributed by atoms with Crippen LogP contribution >= 0.6 is 11.3 Å². The minimum Gasteiger partial charge on any atom is -0.467 e. The quantitative estimate of drug-likeness (QED) is 0.480. The third-order valence-corrected chi connectivity index (χ3v) is 4.36. The van der Waals surface area contributed by atoms with E-state index in [0.29, 0.717) is 10.6 Å². The van der Waals surface area contributed by atoms with Crippen LogP contribution in [0.2, 0.25) is 0 Å². The van der Waals surface area contributed by atoms with Crippen molar-refractivity contribution in [2.24, 2.45) is 5.92 Å². The van der Waals surface area contributed by atoms with Crippen molar-refractivity contribution in [1.82, 2.24) is 10.3 Å². The highest BCUT2D eigenvalue weighted by atomic mass is 32.1. The molecule has 1 amide bonds. The molecule has 0 bridgehead atoms. The minimum absolute atomic E-state index is 0.0175. The first-order valence-electron chi connectivity index (χ1n) is 7.42. The van der Waals surface area contributed by atoms with Crippen molar-refractivity contribution in [3.63, 3.8) is 0 Å². The molecule has 0 saturated heterocycles. The lowest BCUT2D eigenvalue weighted by Crippen LogP contribution is -2.45. The number of rotatable bonds is 6. The molecule has 1 heterocycles. The second-order valence-electron chi connectivity index (χ2n) is 5.56. The molecule has 2 rings (SSSR count). The van der Waals surface area contributed by atoms with E-state index in [1.165, 1.54) is 30.6 Å². The third-order valence-electron chi connectivity index (χ3n) is 3.47. The van der Waals surface area contributed by atoms with Gasteiger partial charge in [-0.15, -0.1) is 11.3 Å². The minimum atomic E-state index is -0.762. The zero-order chi connectivity index (χ0) is 18.6. The van der Waals surface area contributed by atoms with Crippen LogP contribution in [-0.2, 0) is 9.53 Å². The fourth-order valence-corrected chi connectivity index (χ4v) is 2.88. The molecular weight excluding hydrogens is 346 g/mol. The fraction of sp³-hybridized carbons (Fsp3) is 0.312. The maximum Gasteiger partial charge on any atom is 0.328 e. The molecule has 0 aliphatic rings. The topological polar surface area (TPSA) is 111 Å². The second kappa shape index (κ2) is 7.84. The number of benzene rings is 1. The number of hydrogen-bond donors (Lipinski definition) is 1. The van der Waals surface area contributed by atoms with E-state index in [0.717, 1.165) is 0 Å². The Hall–Kier alpha value is -2.81. The Morgan fingerprint density at radius 1 is 1.28 bits per heavy atom. The number of nitrogens with zero attached hydrogens (tertiary/aromatic N) is 2. The highest BCUT2D eigenvalue weighted by Gasteiger charge is 2.26. The standard InChI is InChI=1S/C16H17N3O5S/c1-9(2)13(16(21)24-3)18-14(20)12-8-25-15(17-12)10-4-6-11(7-5-10)19(22)23/h4-9,13H,1-3H3,(H,18,20). The predicted molar refractivity (Wildman–Crippen MR) is 92.3 cm³/mol. The van der Waals surface area contributed by atoms with E-state index >= 15 is 0 Å². The Bertz CT molecular complexity index is 785. The van der Waals surface area contributed by atoms with Gasteiger partial charge in [-0.25, -0.2) is 9.78 Å². The lowest BCUT2D eigenvalue weighted by molar-refractivity contribution is -0.384. The average molecular weight is 363 g/mol. The summed E-state index contributed by atoms with van der Waals surface area (Å²) in [5, 5.41) is 15.4. The number of nitrogens with one attached hydrogen (secondary N) is 1. The van der Waals surface area contributed by atoms with Crippen LogP contribution in [0.25, 0.3) is 10.6 Å². The monoisotopic (exact) mass is 363 g/mol. The van der Waals surface area contributed by atoms with Crippen LogP contribution in [0, 0.1) is 16.0 Å². The molecule has 1 unspecified atom stereocenters. The van der Waals surface area contributed by atoms with E-state index in [1.807, 2.05) is 0 Å². The molecule has 132 valence electrons. The van der Waals surface area contributed by atoms with Gasteiger partial charge in [0.05, 0.1) is 12.0 Å². The molecule has 0 aliphatic carbocycles. The summed E-state index contributed by atoms with van der Waals surface area (Å²) in [6, 6.07) is 5.14. The number of thiazole rings is 1. The molecule has 1 aromatic carbocycles. The predicted octanol–water partition coefficient (Wildman–Crippen LogP) is 2.65. The SMILES string of the molecule is COC(=O)C(NC(=O)c1csc(-c2ccc([N+](=O)[O-])cc2)n1)C(C)C. The molecule has 0 saturated carbocycles. The summed E-state index contributed by atoms with van der Waals surface area (Å²) in [7, 11) is 1.26. The number of carbonyl (C=O) groups excluding carboxylic acids is 2. The number of nitro groups is 1. The summed E-state index contributed by atoms with van der Waals surface area (Å²) in [5.74, 6) is -1.13. The van der Waals surface area contributed by atoms with Crippen molar-refractivity contribution in [2.45, 2.75) is 19.9 Å². The van der Waals surface area contributed by atoms with Gasteiger partial charge in [0, 0.05) is 23.1 Å². The molecule has 2 aromatic rings. The Labute approximate surface area is 148 Å². The molecule has 1 aromatic heterocycles. The molecule has 9 heteroatoms. The molecule has 0 radical (unpaired) electrons. The van der Waals surface area contributed by atoms with Crippen LogP contribution in [0.1, 0.15) is 24.3 Å². The number of ether oxygens (including phenoxy) is 1. The van der Waals surface area contributed by atoms with E-state index in [4.69, 9.17) is 0 Å². The molecule has 8 nitrogen and oxygen atoms in total. The normalized spacial score (nSPS) is 11.8. The Morgan fingerprint density at radius 3 is 2.44 bits per heavy atom. The van der Waals surface area contributed by atoms with Crippen LogP contribution < -0.4 is 5.32 Å². The van der Waals surface area contributed by atoms with Crippen molar-refractivity contribution in [3.05, 3.63) is 45.5 Å². The summed E-state index contributed by atoms with van der Waals surface area (Å²) in [6.45, 7) is 3.59. The van der Waals surface area contributed by atoms with E-state index in [-0.39, 0.29) is 17.3 Å². The van der Waals surface area contributed by atoms with E-state index in [1.54, 1.807) is 31.4 Å². The van der Waals surface area contributed by atoms with Crippen molar-refractivity contribution < 1.29 is 19.2 Å². The van der Waals surface area contributed by atoms with E-state index in [2.05, 4.69) is 15.0 Å². The van der Waals surface area contributed by atoms with Crippen molar-refractivity contribution >= 4 is 28.9 Å². The number of amides is 1. The van der Waals surface area contributed by atoms with E-state index in [9.17, 15) is 19.7 Å². The molecule has 0 aliphatic heterocycles. The smallest absolute Gasteiger partial charge is 0.328 e. The van der Waals surface area contributed by atoms with Crippen LogP contribution in [0.4, 0.5) is 5.69 Å². The number of carbonyl (C=O) groups is 2. The molecule has 1 atom stereocenters. The molecule has 0 spiro atoms. The number of methoxy groups -OCH3 is 1. The number of nitro benzene ring substituents is 1. The van der Waals surface area contributed by atoms with Crippen molar-refractivity contribution in [3.8, 4) is 10.6 Å². The zero-order valence-electron chi connectivity index (χ0n) is 13.9. The highest BCUT2D eigenvalue weighted by molar-refractivity contribution is 7.13. The third kappa shape index (κ3) is 4.38. The number of hydrogen-bond acceptors (Lipinski definition) is 7. The first-order chi connectivity index (χ1) is 11.8. The molecule has 0 fully saturated rings. The lowest BCUT2D eigenvalue weighted by atomic mass is 10.0. The van der Waals surface area contributed by atoms with Gasteiger partial charge in [-0.1, -0.05) is 13.8 Å². The van der Waals surface area contributed by atoms with Gasteiger partial charge in [-0.3, -0.25) is 14.9 Å². The van der Waals surface area contributed by atoms with Crippen LogP contribution in [0.5, 0.6) is 0 Å². The van der Waals surface area contributed by atoms with Crippen LogP contribution in [-0.4, -0.2) is 34.9 Å². The van der Waals surface area contributed by atoms with Gasteiger partial charge in [0.15, 0.2) is 0 Å². The van der Waals surface area contributed by atoms with E-state index < -0.39 is 22.8 Å². The number of non-ortho nitro benzene ring substituents is 1. The maximum atomic E-state index is 12.3. The first kappa shape index (κ1) is 18.5. The largest absolute Gasteiger partial charge is 0.467 e. The zero-order valence-corrected chi connectivity index (χ0v) is 14.7. The van der Waals surface area contributed by atoms with Crippen molar-refractivity contribution in [2.75, 3.05) is 7.11 Å². The summed E-state index contributed by atoms with van der Waals surface area (Å²) >= 11 is 1.24. The Balaban J connectivity index is 2.15. The van der Waals surface area contributed by atoms with Gasteiger partial charge in [-0.05, 0) is 18.1 Å². The van der Waals surface area contributed by atoms with Gasteiger partial charge < -0.3 is 10.1 Å². The van der Waals surface area contributed by atoms with Crippen LogP contribution in [0.3, 0.4) is 0 Å². The van der Waals surface area contributed by atoms with Crippen LogP contribution in [0.15, 0.2) is 29.6 Å². The maximum absolute atomic E-state index is 12.3. The first-order valence-corrected chi connectivity index (χ1v) is 8.30. The second-order valence-corrected chi connectivity index (χ2v) is 6.42.